The molecule has 0 bridgehead atoms. The van der Waals surface area contributed by atoms with Gasteiger partial charge in [-0.15, -0.1) is 0 Å². The van der Waals surface area contributed by atoms with Gasteiger partial charge >= 0.3 is 0 Å². The maximum absolute atomic E-state index is 13.6. The Balaban J connectivity index is 1.43. The molecule has 0 fully saturated rings. The van der Waals surface area contributed by atoms with Crippen molar-refractivity contribution in [1.29, 1.82) is 0 Å². The number of aromatic nitrogens is 2. The highest BCUT2D eigenvalue weighted by atomic mass is 32.2. The standard InChI is InChI=1S/C24H21FN4O3S/c1-28(21-10-3-2-9-20(21)23(31)27-15-19-8-5-13-32-19)22(30)16-33-24-26-11-12-29(24)18-7-4-6-17(25)14-18/h2-14H,15-16H2,1H3,(H,27,31). The molecule has 0 aliphatic heterocycles. The predicted octanol–water partition coefficient (Wildman–Crippen LogP) is 4.29. The molecular weight excluding hydrogens is 443 g/mol. The SMILES string of the molecule is CN(C(=O)CSc1nccn1-c1cccc(F)c1)c1ccccc1C(=O)NCc1ccco1. The third-order valence-electron chi connectivity index (χ3n) is 4.91. The molecule has 2 aromatic carbocycles. The summed E-state index contributed by atoms with van der Waals surface area (Å²) in [5.41, 5.74) is 1.49. The second-order valence-corrected chi connectivity index (χ2v) is 8.02. The molecule has 4 aromatic rings. The van der Waals surface area contributed by atoms with Gasteiger partial charge in [0.15, 0.2) is 5.16 Å². The summed E-state index contributed by atoms with van der Waals surface area (Å²) in [7, 11) is 1.63. The smallest absolute Gasteiger partial charge is 0.253 e. The monoisotopic (exact) mass is 464 g/mol. The molecule has 2 amide bonds. The average molecular weight is 465 g/mol. The van der Waals surface area contributed by atoms with Crippen molar-refractivity contribution in [3.05, 3.63) is 96.5 Å². The molecule has 0 spiro atoms. The van der Waals surface area contributed by atoms with Crippen molar-refractivity contribution in [1.82, 2.24) is 14.9 Å². The lowest BCUT2D eigenvalue weighted by Gasteiger charge is -2.20. The topological polar surface area (TPSA) is 80.4 Å². The Kier molecular flexibility index (Phi) is 6.89. The maximum Gasteiger partial charge on any atom is 0.253 e. The molecule has 0 aliphatic carbocycles. The van der Waals surface area contributed by atoms with Gasteiger partial charge in [0, 0.05) is 19.4 Å². The molecule has 2 heterocycles. The number of nitrogens with zero attached hydrogens (tertiary/aromatic N) is 3. The van der Waals surface area contributed by atoms with Crippen molar-refractivity contribution in [2.75, 3.05) is 17.7 Å². The average Bonchev–Trinajstić information content (AvgIpc) is 3.52. The molecule has 0 atom stereocenters. The number of thioether (sulfide) groups is 1. The summed E-state index contributed by atoms with van der Waals surface area (Å²) in [4.78, 5) is 31.4. The lowest BCUT2D eigenvalue weighted by Crippen LogP contribution is -2.31. The number of carbonyl (C=O) groups excluding carboxylic acids is 2. The lowest BCUT2D eigenvalue weighted by molar-refractivity contribution is -0.115. The summed E-state index contributed by atoms with van der Waals surface area (Å²) in [6, 6.07) is 16.6. The zero-order valence-corrected chi connectivity index (χ0v) is 18.6. The van der Waals surface area contributed by atoms with Crippen LogP contribution in [-0.2, 0) is 11.3 Å². The van der Waals surface area contributed by atoms with Crippen molar-refractivity contribution >= 4 is 29.3 Å². The normalized spacial score (nSPS) is 10.7. The minimum atomic E-state index is -0.352. The lowest BCUT2D eigenvalue weighted by atomic mass is 10.1. The third kappa shape index (κ3) is 5.32. The highest BCUT2D eigenvalue weighted by molar-refractivity contribution is 7.99. The number of rotatable bonds is 8. The molecule has 1 N–H and O–H groups in total. The van der Waals surface area contributed by atoms with Crippen LogP contribution in [0.25, 0.3) is 5.69 Å². The van der Waals surface area contributed by atoms with Gasteiger partial charge in [-0.1, -0.05) is 30.0 Å². The van der Waals surface area contributed by atoms with E-state index < -0.39 is 0 Å². The summed E-state index contributed by atoms with van der Waals surface area (Å²) in [6.45, 7) is 0.246. The molecular formula is C24H21FN4O3S. The van der Waals surface area contributed by atoms with E-state index in [4.69, 9.17) is 4.42 Å². The van der Waals surface area contributed by atoms with Crippen LogP contribution in [0.1, 0.15) is 16.1 Å². The first kappa shape index (κ1) is 22.3. The summed E-state index contributed by atoms with van der Waals surface area (Å²) in [5.74, 6) is -0.146. The second-order valence-electron chi connectivity index (χ2n) is 7.08. The van der Waals surface area contributed by atoms with Crippen LogP contribution < -0.4 is 10.2 Å². The quantitative estimate of drug-likeness (QED) is 0.394. The number of halogens is 1. The number of amides is 2. The number of carbonyl (C=O) groups is 2. The number of anilines is 1. The van der Waals surface area contributed by atoms with Crippen molar-refractivity contribution in [3.8, 4) is 5.69 Å². The van der Waals surface area contributed by atoms with Crippen molar-refractivity contribution in [2.45, 2.75) is 11.7 Å². The van der Waals surface area contributed by atoms with E-state index in [1.165, 1.54) is 28.8 Å². The fourth-order valence-electron chi connectivity index (χ4n) is 3.21. The van der Waals surface area contributed by atoms with Gasteiger partial charge in [0.05, 0.1) is 35.5 Å². The van der Waals surface area contributed by atoms with E-state index in [1.54, 1.807) is 78.8 Å². The summed E-state index contributed by atoms with van der Waals surface area (Å²) >= 11 is 1.23. The number of benzene rings is 2. The second kappa shape index (κ2) is 10.2. The van der Waals surface area contributed by atoms with Gasteiger partial charge in [0.25, 0.3) is 5.91 Å². The largest absolute Gasteiger partial charge is 0.467 e. The number of furan rings is 1. The van der Waals surface area contributed by atoms with Crippen LogP contribution in [-0.4, -0.2) is 34.2 Å². The Morgan fingerprint density at radius 1 is 1.15 bits per heavy atom. The Hall–Kier alpha value is -3.85. The van der Waals surface area contributed by atoms with E-state index in [1.807, 2.05) is 0 Å². The third-order valence-corrected chi connectivity index (χ3v) is 5.86. The minimum Gasteiger partial charge on any atom is -0.467 e. The van der Waals surface area contributed by atoms with Crippen molar-refractivity contribution in [3.63, 3.8) is 0 Å². The Morgan fingerprint density at radius 3 is 2.79 bits per heavy atom. The number of imidazole rings is 1. The molecule has 33 heavy (non-hydrogen) atoms. The first-order valence-electron chi connectivity index (χ1n) is 10.1. The van der Waals surface area contributed by atoms with Gasteiger partial charge in [-0.3, -0.25) is 14.2 Å². The fourth-order valence-corrected chi connectivity index (χ4v) is 4.10. The summed E-state index contributed by atoms with van der Waals surface area (Å²) in [6.07, 6.45) is 4.85. The van der Waals surface area contributed by atoms with Crippen LogP contribution in [0.2, 0.25) is 0 Å². The van der Waals surface area contributed by atoms with E-state index in [0.29, 0.717) is 27.9 Å². The highest BCUT2D eigenvalue weighted by Gasteiger charge is 2.19. The van der Waals surface area contributed by atoms with Crippen LogP contribution in [0.3, 0.4) is 0 Å². The Morgan fingerprint density at radius 2 is 2.00 bits per heavy atom. The van der Waals surface area contributed by atoms with Crippen LogP contribution >= 0.6 is 11.8 Å². The van der Waals surface area contributed by atoms with Gasteiger partial charge in [0.1, 0.15) is 11.6 Å². The Labute approximate surface area is 194 Å². The molecule has 168 valence electrons. The molecule has 4 rings (SSSR count). The van der Waals surface area contributed by atoms with E-state index in [-0.39, 0.29) is 29.9 Å². The van der Waals surface area contributed by atoms with E-state index in [0.717, 1.165) is 0 Å². The molecule has 0 saturated carbocycles. The van der Waals surface area contributed by atoms with E-state index in [2.05, 4.69) is 10.3 Å². The summed E-state index contributed by atoms with van der Waals surface area (Å²) in [5, 5.41) is 3.36. The molecule has 0 aliphatic rings. The van der Waals surface area contributed by atoms with Crippen LogP contribution in [0, 0.1) is 5.82 Å². The zero-order chi connectivity index (χ0) is 23.2. The molecule has 0 unspecified atom stereocenters. The van der Waals surface area contributed by atoms with Gasteiger partial charge in [-0.2, -0.15) is 0 Å². The Bertz CT molecular complexity index is 1260. The molecule has 7 nitrogen and oxygen atoms in total. The molecule has 9 heteroatoms. The highest BCUT2D eigenvalue weighted by Crippen LogP contribution is 2.24. The minimum absolute atomic E-state index is 0.0885. The van der Waals surface area contributed by atoms with E-state index >= 15 is 0 Å². The van der Waals surface area contributed by atoms with Crippen LogP contribution in [0.5, 0.6) is 0 Å². The molecule has 2 aromatic heterocycles. The van der Waals surface area contributed by atoms with Gasteiger partial charge in [-0.05, 0) is 42.5 Å². The fraction of sp³-hybridized carbons (Fsp3) is 0.125. The van der Waals surface area contributed by atoms with Crippen LogP contribution in [0.15, 0.2) is 88.9 Å². The predicted molar refractivity (Wildman–Crippen MR) is 124 cm³/mol. The zero-order valence-electron chi connectivity index (χ0n) is 17.8. The number of hydrogen-bond donors (Lipinski definition) is 1. The van der Waals surface area contributed by atoms with Gasteiger partial charge in [-0.25, -0.2) is 9.37 Å². The first-order valence-corrected chi connectivity index (χ1v) is 11.1. The summed E-state index contributed by atoms with van der Waals surface area (Å²) < 4.78 is 20.6. The van der Waals surface area contributed by atoms with Gasteiger partial charge in [0.2, 0.25) is 5.91 Å². The van der Waals surface area contributed by atoms with Crippen molar-refractivity contribution in [2.24, 2.45) is 0 Å². The number of hydrogen-bond acceptors (Lipinski definition) is 5. The first-order chi connectivity index (χ1) is 16.0. The van der Waals surface area contributed by atoms with Crippen molar-refractivity contribution < 1.29 is 18.4 Å². The molecule has 0 radical (unpaired) electrons. The van der Waals surface area contributed by atoms with Gasteiger partial charge < -0.3 is 14.6 Å². The molecule has 0 saturated heterocycles. The maximum atomic E-state index is 13.6. The van der Waals surface area contributed by atoms with E-state index in [9.17, 15) is 14.0 Å². The number of nitrogens with one attached hydrogen (secondary N) is 1. The van der Waals surface area contributed by atoms with Crippen LogP contribution in [0.4, 0.5) is 10.1 Å². The number of para-hydroxylation sites is 1.